The summed E-state index contributed by atoms with van der Waals surface area (Å²) in [6, 6.07) is 2.34. The van der Waals surface area contributed by atoms with Gasteiger partial charge >= 0.3 is 0 Å². The average Bonchev–Trinajstić information content (AvgIpc) is 2.98. The summed E-state index contributed by atoms with van der Waals surface area (Å²) in [6.07, 6.45) is 4.00. The lowest BCUT2D eigenvalue weighted by molar-refractivity contribution is 0.102. The average molecular weight is 360 g/mol. The molecule has 0 atom stereocenters. The van der Waals surface area contributed by atoms with Gasteiger partial charge in [-0.05, 0) is 43.2 Å². The molecule has 9 heteroatoms. The normalized spacial score (nSPS) is 14.2. The molecule has 0 amide bonds. The third kappa shape index (κ3) is 2.78. The molecule has 7 nitrogen and oxygen atoms in total. The van der Waals surface area contributed by atoms with Crippen molar-refractivity contribution in [1.29, 1.82) is 0 Å². The summed E-state index contributed by atoms with van der Waals surface area (Å²) in [4.78, 5) is 17.0. The Bertz CT molecular complexity index is 878. The van der Waals surface area contributed by atoms with Crippen LogP contribution in [-0.4, -0.2) is 41.3 Å². The molecule has 1 aliphatic rings. The van der Waals surface area contributed by atoms with E-state index in [1.54, 1.807) is 17.5 Å². The van der Waals surface area contributed by atoms with E-state index in [9.17, 15) is 4.79 Å². The Kier molecular flexibility index (Phi) is 3.97. The van der Waals surface area contributed by atoms with Gasteiger partial charge in [-0.15, -0.1) is 16.4 Å². The van der Waals surface area contributed by atoms with Crippen LogP contribution in [0.5, 0.6) is 0 Å². The van der Waals surface area contributed by atoms with E-state index in [1.807, 2.05) is 34.5 Å². The summed E-state index contributed by atoms with van der Waals surface area (Å²) in [5.74, 6) is 0.413. The molecule has 1 saturated carbocycles. The van der Waals surface area contributed by atoms with Crippen LogP contribution in [0.15, 0.2) is 22.8 Å². The smallest absolute Gasteiger partial charge is 0.210 e. The minimum absolute atomic E-state index is 0.0845. The summed E-state index contributed by atoms with van der Waals surface area (Å²) in [5.41, 5.74) is 2.68. The summed E-state index contributed by atoms with van der Waals surface area (Å²) in [6.45, 7) is 3.95. The summed E-state index contributed by atoms with van der Waals surface area (Å²) in [7, 11) is 0. The number of aromatic nitrogens is 6. The number of hydrogen-bond acceptors (Lipinski definition) is 7. The first-order valence-electron chi connectivity index (χ1n) is 7.68. The third-order valence-electron chi connectivity index (χ3n) is 4.03. The Morgan fingerprint density at radius 3 is 2.96 bits per heavy atom. The van der Waals surface area contributed by atoms with E-state index in [2.05, 4.69) is 20.5 Å². The van der Waals surface area contributed by atoms with Gasteiger partial charge in [0.25, 0.3) is 0 Å². The van der Waals surface area contributed by atoms with Crippen LogP contribution in [0, 0.1) is 13.8 Å². The van der Waals surface area contributed by atoms with Crippen LogP contribution in [0.25, 0.3) is 5.13 Å². The lowest BCUT2D eigenvalue weighted by Gasteiger charge is -2.05. The van der Waals surface area contributed by atoms with Gasteiger partial charge in [-0.3, -0.25) is 9.36 Å². The molecule has 0 N–H and O–H groups in total. The third-order valence-corrected chi connectivity index (χ3v) is 5.72. The predicted molar refractivity (Wildman–Crippen MR) is 92.1 cm³/mol. The lowest BCUT2D eigenvalue weighted by Crippen LogP contribution is -2.07. The van der Waals surface area contributed by atoms with Crippen molar-refractivity contribution in [3.05, 3.63) is 34.6 Å². The molecule has 0 unspecified atom stereocenters. The molecule has 0 bridgehead atoms. The summed E-state index contributed by atoms with van der Waals surface area (Å²) < 4.78 is 3.85. The molecule has 1 fully saturated rings. The van der Waals surface area contributed by atoms with Crippen molar-refractivity contribution >= 4 is 28.9 Å². The molecule has 3 aromatic heterocycles. The van der Waals surface area contributed by atoms with E-state index in [1.165, 1.54) is 11.8 Å². The Morgan fingerprint density at radius 2 is 2.25 bits per heavy atom. The van der Waals surface area contributed by atoms with E-state index < -0.39 is 0 Å². The number of Topliss-reactive ketones (excluding diaryl/α,β-unsaturated/α-hetero) is 1. The van der Waals surface area contributed by atoms with Crippen molar-refractivity contribution in [3.63, 3.8) is 0 Å². The van der Waals surface area contributed by atoms with Gasteiger partial charge in [0.05, 0.1) is 11.8 Å². The van der Waals surface area contributed by atoms with Gasteiger partial charge in [-0.2, -0.15) is 0 Å². The standard InChI is InChI=1S/C15H16N6OS2/c1-9-7-12(10(2)20(9)14-16-5-6-23-14)13(22)8-24-15-17-18-19-21(15)11-3-4-11/h5-7,11H,3-4,8H2,1-2H3. The molecule has 3 heterocycles. The Labute approximate surface area is 147 Å². The van der Waals surface area contributed by atoms with Crippen molar-refractivity contribution in [1.82, 2.24) is 29.8 Å². The molecule has 0 aliphatic heterocycles. The van der Waals surface area contributed by atoms with E-state index in [-0.39, 0.29) is 5.78 Å². The molecule has 0 aromatic carbocycles. The van der Waals surface area contributed by atoms with Crippen LogP contribution >= 0.6 is 23.1 Å². The van der Waals surface area contributed by atoms with Gasteiger partial charge in [0.1, 0.15) is 0 Å². The fourth-order valence-electron chi connectivity index (χ4n) is 2.70. The highest BCUT2D eigenvalue weighted by molar-refractivity contribution is 7.99. The number of hydrogen-bond donors (Lipinski definition) is 0. The van der Waals surface area contributed by atoms with Crippen molar-refractivity contribution in [2.45, 2.75) is 37.9 Å². The Hall–Kier alpha value is -2.00. The van der Waals surface area contributed by atoms with Crippen molar-refractivity contribution in [3.8, 4) is 5.13 Å². The second-order valence-electron chi connectivity index (χ2n) is 5.78. The highest BCUT2D eigenvalue weighted by Crippen LogP contribution is 2.36. The van der Waals surface area contributed by atoms with Crippen LogP contribution in [-0.2, 0) is 0 Å². The maximum absolute atomic E-state index is 12.7. The van der Waals surface area contributed by atoms with E-state index in [0.29, 0.717) is 11.8 Å². The highest BCUT2D eigenvalue weighted by atomic mass is 32.2. The number of tetrazole rings is 1. The topological polar surface area (TPSA) is 78.5 Å². The number of carbonyl (C=O) groups excluding carboxylic acids is 1. The van der Waals surface area contributed by atoms with Gasteiger partial charge in [0.2, 0.25) is 5.16 Å². The summed E-state index contributed by atoms with van der Waals surface area (Å²) >= 11 is 2.96. The van der Waals surface area contributed by atoms with Crippen LogP contribution in [0.2, 0.25) is 0 Å². The summed E-state index contributed by atoms with van der Waals surface area (Å²) in [5, 5.41) is 15.3. The Morgan fingerprint density at radius 1 is 1.42 bits per heavy atom. The van der Waals surface area contributed by atoms with Crippen LogP contribution in [0.3, 0.4) is 0 Å². The molecule has 1 aliphatic carbocycles. The first kappa shape index (κ1) is 15.5. The van der Waals surface area contributed by atoms with Gasteiger partial charge in [-0.1, -0.05) is 11.8 Å². The molecule has 124 valence electrons. The number of rotatable bonds is 6. The number of carbonyl (C=O) groups is 1. The largest absolute Gasteiger partial charge is 0.294 e. The lowest BCUT2D eigenvalue weighted by atomic mass is 10.2. The Balaban J connectivity index is 1.52. The van der Waals surface area contributed by atoms with E-state index >= 15 is 0 Å². The first-order chi connectivity index (χ1) is 11.6. The molecule has 0 radical (unpaired) electrons. The highest BCUT2D eigenvalue weighted by Gasteiger charge is 2.28. The zero-order valence-electron chi connectivity index (χ0n) is 13.3. The van der Waals surface area contributed by atoms with E-state index in [4.69, 9.17) is 0 Å². The second kappa shape index (κ2) is 6.14. The zero-order chi connectivity index (χ0) is 16.7. The minimum atomic E-state index is 0.0845. The maximum Gasteiger partial charge on any atom is 0.210 e. The van der Waals surface area contributed by atoms with Crippen LogP contribution < -0.4 is 0 Å². The predicted octanol–water partition coefficient (Wildman–Crippen LogP) is 2.85. The maximum atomic E-state index is 12.7. The number of nitrogens with zero attached hydrogens (tertiary/aromatic N) is 6. The molecular formula is C15H16N6OS2. The number of thiazole rings is 1. The van der Waals surface area contributed by atoms with Crippen LogP contribution in [0.4, 0.5) is 0 Å². The van der Waals surface area contributed by atoms with Crippen molar-refractivity contribution in [2.24, 2.45) is 0 Å². The molecule has 4 rings (SSSR count). The second-order valence-corrected chi connectivity index (χ2v) is 7.60. The van der Waals surface area contributed by atoms with Crippen molar-refractivity contribution < 1.29 is 4.79 Å². The van der Waals surface area contributed by atoms with Gasteiger partial charge < -0.3 is 0 Å². The fraction of sp³-hybridized carbons (Fsp3) is 0.400. The molecule has 24 heavy (non-hydrogen) atoms. The zero-order valence-corrected chi connectivity index (χ0v) is 15.0. The number of thioether (sulfide) groups is 1. The van der Waals surface area contributed by atoms with Gasteiger partial charge in [0, 0.05) is 28.5 Å². The van der Waals surface area contributed by atoms with Gasteiger partial charge in [0.15, 0.2) is 10.9 Å². The number of ketones is 1. The quantitative estimate of drug-likeness (QED) is 0.497. The SMILES string of the molecule is Cc1cc(C(=O)CSc2nnnn2C2CC2)c(C)n1-c1nccs1. The first-order valence-corrected chi connectivity index (χ1v) is 9.54. The monoisotopic (exact) mass is 360 g/mol. The van der Waals surface area contributed by atoms with Gasteiger partial charge in [-0.25, -0.2) is 9.67 Å². The number of aryl methyl sites for hydroxylation is 1. The van der Waals surface area contributed by atoms with E-state index in [0.717, 1.165) is 40.1 Å². The fourth-order valence-corrected chi connectivity index (χ4v) is 4.28. The molecule has 0 spiro atoms. The molecular weight excluding hydrogens is 344 g/mol. The van der Waals surface area contributed by atoms with Crippen molar-refractivity contribution in [2.75, 3.05) is 5.75 Å². The minimum Gasteiger partial charge on any atom is -0.294 e. The molecule has 0 saturated heterocycles. The van der Waals surface area contributed by atoms with Crippen LogP contribution in [0.1, 0.15) is 40.6 Å². The molecule has 3 aromatic rings.